The van der Waals surface area contributed by atoms with Crippen LogP contribution in [0, 0.1) is 0 Å². The Labute approximate surface area is 187 Å². The lowest BCUT2D eigenvalue weighted by Gasteiger charge is -2.39. The summed E-state index contributed by atoms with van der Waals surface area (Å²) in [6.07, 6.45) is 2.03. The summed E-state index contributed by atoms with van der Waals surface area (Å²) in [5.74, 6) is 0.172. The van der Waals surface area contributed by atoms with E-state index in [0.29, 0.717) is 5.02 Å². The topological polar surface area (TPSA) is 27.8 Å². The molecule has 0 saturated heterocycles. The maximum Gasteiger partial charge on any atom is 0.0564 e. The molecule has 2 atom stereocenters. The number of H-pyrrole nitrogens is 1. The lowest BCUT2D eigenvalue weighted by Crippen LogP contribution is -2.47. The molecule has 2 nitrogen and oxygen atoms in total. The molecule has 0 aliphatic carbocycles. The van der Waals surface area contributed by atoms with Gasteiger partial charge >= 0.3 is 0 Å². The van der Waals surface area contributed by atoms with Crippen molar-refractivity contribution >= 4 is 34.1 Å². The number of aromatic nitrogens is 1. The minimum Gasteiger partial charge on any atom is -0.357 e. The molecule has 152 valence electrons. The zero-order chi connectivity index (χ0) is 20.7. The van der Waals surface area contributed by atoms with Gasteiger partial charge in [-0.25, -0.2) is 0 Å². The molecular formula is C26H24Cl2N2. The zero-order valence-corrected chi connectivity index (χ0v) is 18.4. The van der Waals surface area contributed by atoms with Crippen LogP contribution >= 0.6 is 23.2 Å². The van der Waals surface area contributed by atoms with Crippen molar-refractivity contribution in [3.63, 3.8) is 0 Å². The van der Waals surface area contributed by atoms with Crippen LogP contribution in [0.1, 0.15) is 41.6 Å². The quantitative estimate of drug-likeness (QED) is 0.353. The van der Waals surface area contributed by atoms with Gasteiger partial charge < -0.3 is 10.3 Å². The normalized spacial score (nSPS) is 21.0. The third kappa shape index (κ3) is 3.43. The van der Waals surface area contributed by atoms with Crippen LogP contribution in [-0.4, -0.2) is 11.5 Å². The number of hydrogen-bond donors (Lipinski definition) is 2. The van der Waals surface area contributed by atoms with Crippen molar-refractivity contribution < 1.29 is 0 Å². The van der Waals surface area contributed by atoms with Crippen LogP contribution in [0.25, 0.3) is 10.9 Å². The number of aromatic amines is 1. The highest BCUT2D eigenvalue weighted by Crippen LogP contribution is 2.45. The Bertz CT molecular complexity index is 1200. The van der Waals surface area contributed by atoms with Gasteiger partial charge in [0.2, 0.25) is 0 Å². The van der Waals surface area contributed by atoms with Gasteiger partial charge in [-0.15, -0.1) is 0 Å². The molecule has 0 bridgehead atoms. The molecule has 0 fully saturated rings. The number of benzene rings is 3. The third-order valence-electron chi connectivity index (χ3n) is 6.44. The summed E-state index contributed by atoms with van der Waals surface area (Å²) in [7, 11) is 0. The predicted molar refractivity (Wildman–Crippen MR) is 127 cm³/mol. The molecular weight excluding hydrogens is 411 g/mol. The van der Waals surface area contributed by atoms with E-state index in [1.807, 2.05) is 12.1 Å². The van der Waals surface area contributed by atoms with Gasteiger partial charge in [-0.1, -0.05) is 77.8 Å². The summed E-state index contributed by atoms with van der Waals surface area (Å²) in [6.45, 7) is 3.14. The third-order valence-corrected chi connectivity index (χ3v) is 7.00. The fourth-order valence-electron chi connectivity index (χ4n) is 4.78. The average molecular weight is 435 g/mol. The molecule has 0 radical (unpaired) electrons. The monoisotopic (exact) mass is 434 g/mol. The Balaban J connectivity index is 1.60. The first-order valence-electron chi connectivity index (χ1n) is 10.4. The van der Waals surface area contributed by atoms with Gasteiger partial charge in [-0.05, 0) is 54.7 Å². The van der Waals surface area contributed by atoms with Crippen LogP contribution < -0.4 is 5.32 Å². The fourth-order valence-corrected chi connectivity index (χ4v) is 5.32. The van der Waals surface area contributed by atoms with E-state index in [2.05, 4.69) is 77.9 Å². The van der Waals surface area contributed by atoms with Crippen molar-refractivity contribution in [1.29, 1.82) is 0 Å². The Morgan fingerprint density at radius 3 is 2.53 bits per heavy atom. The van der Waals surface area contributed by atoms with E-state index in [0.717, 1.165) is 30.0 Å². The second-order valence-corrected chi connectivity index (χ2v) is 9.22. The molecule has 2 N–H and O–H groups in total. The Hall–Kier alpha value is -2.26. The summed E-state index contributed by atoms with van der Waals surface area (Å²) in [4.78, 5) is 3.74. The van der Waals surface area contributed by atoms with Crippen LogP contribution in [-0.2, 0) is 12.0 Å². The van der Waals surface area contributed by atoms with E-state index in [1.165, 1.54) is 27.7 Å². The number of halogens is 2. The average Bonchev–Trinajstić information content (AvgIpc) is 3.15. The second-order valence-electron chi connectivity index (χ2n) is 8.38. The molecule has 1 aromatic heterocycles. The van der Waals surface area contributed by atoms with Crippen LogP contribution in [0.4, 0.5) is 0 Å². The van der Waals surface area contributed by atoms with Crippen molar-refractivity contribution in [1.82, 2.24) is 10.3 Å². The SMILES string of the molecule is C[C@]1(CCc2ccccc2)NC[C@H](c2ccc(Cl)cc2Cl)c2c1[nH]c1ccccc21. The molecule has 0 amide bonds. The smallest absolute Gasteiger partial charge is 0.0564 e. The lowest BCUT2D eigenvalue weighted by atomic mass is 9.77. The lowest BCUT2D eigenvalue weighted by molar-refractivity contribution is 0.306. The number of rotatable bonds is 4. The van der Waals surface area contributed by atoms with E-state index in [1.54, 1.807) is 0 Å². The highest BCUT2D eigenvalue weighted by atomic mass is 35.5. The molecule has 3 aromatic carbocycles. The predicted octanol–water partition coefficient (Wildman–Crippen LogP) is 7.06. The molecule has 0 saturated carbocycles. The number of para-hydroxylation sites is 1. The Morgan fingerprint density at radius 2 is 1.73 bits per heavy atom. The van der Waals surface area contributed by atoms with Crippen molar-refractivity contribution in [2.24, 2.45) is 0 Å². The largest absolute Gasteiger partial charge is 0.357 e. The standard InChI is InChI=1S/C26H24Cl2N2/c1-26(14-13-17-7-3-2-4-8-17)25-24(20-9-5-6-10-23(20)30-25)21(16-29-26)19-12-11-18(27)15-22(19)28/h2-12,15,21,29-30H,13-14,16H2,1H3/t21-,26-/m1/s1. The van der Waals surface area contributed by atoms with Gasteiger partial charge in [0.05, 0.1) is 5.54 Å². The molecule has 1 aliphatic heterocycles. The molecule has 0 unspecified atom stereocenters. The summed E-state index contributed by atoms with van der Waals surface area (Å²) in [6, 6.07) is 25.1. The first-order chi connectivity index (χ1) is 14.5. The van der Waals surface area contributed by atoms with Crippen molar-refractivity contribution in [3.05, 3.63) is 105 Å². The Morgan fingerprint density at radius 1 is 0.967 bits per heavy atom. The van der Waals surface area contributed by atoms with Crippen LogP contribution in [0.3, 0.4) is 0 Å². The second kappa shape index (κ2) is 7.77. The van der Waals surface area contributed by atoms with Crippen molar-refractivity contribution in [2.45, 2.75) is 31.2 Å². The van der Waals surface area contributed by atoms with E-state index in [9.17, 15) is 0 Å². The summed E-state index contributed by atoms with van der Waals surface area (Å²) in [5, 5.41) is 6.51. The number of aryl methyl sites for hydroxylation is 1. The van der Waals surface area contributed by atoms with Gasteiger partial charge in [0, 0.05) is 39.1 Å². The van der Waals surface area contributed by atoms with Crippen LogP contribution in [0.15, 0.2) is 72.8 Å². The molecule has 30 heavy (non-hydrogen) atoms. The molecule has 2 heterocycles. The first-order valence-corrected chi connectivity index (χ1v) is 11.2. The van der Waals surface area contributed by atoms with Crippen molar-refractivity contribution in [3.8, 4) is 0 Å². The highest BCUT2D eigenvalue weighted by molar-refractivity contribution is 6.35. The number of fused-ring (bicyclic) bond motifs is 3. The van der Waals surface area contributed by atoms with Crippen LogP contribution in [0.5, 0.6) is 0 Å². The number of hydrogen-bond acceptors (Lipinski definition) is 1. The zero-order valence-electron chi connectivity index (χ0n) is 16.9. The summed E-state index contributed by atoms with van der Waals surface area (Å²) < 4.78 is 0. The molecule has 4 aromatic rings. The van der Waals surface area contributed by atoms with E-state index in [4.69, 9.17) is 23.2 Å². The maximum atomic E-state index is 6.64. The number of nitrogens with one attached hydrogen (secondary N) is 2. The van der Waals surface area contributed by atoms with E-state index >= 15 is 0 Å². The van der Waals surface area contributed by atoms with Gasteiger partial charge in [-0.2, -0.15) is 0 Å². The maximum absolute atomic E-state index is 6.64. The summed E-state index contributed by atoms with van der Waals surface area (Å²) >= 11 is 12.8. The van der Waals surface area contributed by atoms with Gasteiger partial charge in [0.1, 0.15) is 0 Å². The molecule has 1 aliphatic rings. The Kier molecular flexibility index (Phi) is 5.10. The minimum absolute atomic E-state index is 0.139. The highest BCUT2D eigenvalue weighted by Gasteiger charge is 2.39. The van der Waals surface area contributed by atoms with Gasteiger partial charge in [0.25, 0.3) is 0 Å². The van der Waals surface area contributed by atoms with Crippen molar-refractivity contribution in [2.75, 3.05) is 6.54 Å². The first kappa shape index (κ1) is 19.7. The van der Waals surface area contributed by atoms with E-state index < -0.39 is 0 Å². The molecule has 4 heteroatoms. The summed E-state index contributed by atoms with van der Waals surface area (Å²) in [5.41, 5.74) is 6.13. The van der Waals surface area contributed by atoms with E-state index in [-0.39, 0.29) is 11.5 Å². The van der Waals surface area contributed by atoms with Gasteiger partial charge in [-0.3, -0.25) is 0 Å². The molecule has 0 spiro atoms. The molecule has 5 rings (SSSR count). The fraction of sp³-hybridized carbons (Fsp3) is 0.231. The van der Waals surface area contributed by atoms with Crippen LogP contribution in [0.2, 0.25) is 10.0 Å². The minimum atomic E-state index is -0.139. The van der Waals surface area contributed by atoms with Gasteiger partial charge in [0.15, 0.2) is 0 Å².